The number of carbonyl (C=O) groups is 1. The number of carboxylic acid groups (broad SMARTS) is 1. The van der Waals surface area contributed by atoms with Gasteiger partial charge < -0.3 is 10.8 Å². The molecule has 0 radical (unpaired) electrons. The molecule has 1 atom stereocenters. The van der Waals surface area contributed by atoms with Crippen molar-refractivity contribution in [3.63, 3.8) is 0 Å². The van der Waals surface area contributed by atoms with E-state index in [1.807, 2.05) is 0 Å². The lowest BCUT2D eigenvalue weighted by molar-refractivity contribution is -0.394. The first-order valence-electron chi connectivity index (χ1n) is 5.18. The number of hydrogen-bond donors (Lipinski definition) is 2. The molecule has 19 heavy (non-hydrogen) atoms. The van der Waals surface area contributed by atoms with E-state index < -0.39 is 38.8 Å². The number of hydrogen-bond acceptors (Lipinski definition) is 6. The molecule has 0 bridgehead atoms. The Labute approximate surface area is 106 Å². The van der Waals surface area contributed by atoms with Gasteiger partial charge in [-0.1, -0.05) is 0 Å². The molecule has 0 saturated carbocycles. The highest BCUT2D eigenvalue weighted by Gasteiger charge is 2.27. The molecule has 9 heteroatoms. The summed E-state index contributed by atoms with van der Waals surface area (Å²) in [6.45, 7) is 1.55. The smallest absolute Gasteiger partial charge is 0.336 e. The number of rotatable bonds is 5. The Morgan fingerprint density at radius 1 is 1.37 bits per heavy atom. The summed E-state index contributed by atoms with van der Waals surface area (Å²) in [4.78, 5) is 30.9. The molecular weight excluding hydrogens is 258 g/mol. The highest BCUT2D eigenvalue weighted by molar-refractivity contribution is 5.91. The molecule has 0 aromatic heterocycles. The molecule has 0 spiro atoms. The molecule has 102 valence electrons. The molecule has 0 saturated heterocycles. The van der Waals surface area contributed by atoms with Crippen molar-refractivity contribution in [2.45, 2.75) is 19.4 Å². The van der Waals surface area contributed by atoms with Gasteiger partial charge in [0.2, 0.25) is 0 Å². The van der Waals surface area contributed by atoms with Gasteiger partial charge in [-0.3, -0.25) is 20.2 Å². The van der Waals surface area contributed by atoms with E-state index >= 15 is 0 Å². The maximum absolute atomic E-state index is 11.1. The summed E-state index contributed by atoms with van der Waals surface area (Å²) >= 11 is 0. The zero-order chi connectivity index (χ0) is 14.7. The zero-order valence-corrected chi connectivity index (χ0v) is 9.90. The third-order valence-corrected chi connectivity index (χ3v) is 2.38. The lowest BCUT2D eigenvalue weighted by Gasteiger charge is -2.09. The van der Waals surface area contributed by atoms with E-state index in [1.165, 1.54) is 0 Å². The van der Waals surface area contributed by atoms with Gasteiger partial charge in [0.1, 0.15) is 0 Å². The third kappa shape index (κ3) is 3.22. The molecule has 0 fully saturated rings. The molecule has 1 aromatic carbocycles. The minimum Gasteiger partial charge on any atom is -0.478 e. The van der Waals surface area contributed by atoms with Gasteiger partial charge in [-0.05, 0) is 13.3 Å². The maximum atomic E-state index is 11.1. The van der Waals surface area contributed by atoms with Gasteiger partial charge >= 0.3 is 5.97 Å². The Morgan fingerprint density at radius 2 is 1.95 bits per heavy atom. The second kappa shape index (κ2) is 5.40. The number of carboxylic acids is 1. The standard InChI is InChI=1S/C10H11N3O6/c1-5(11)2-7-8(10(14)15)3-6(12(16)17)4-9(7)13(18)19/h3-5H,2,11H2,1H3,(H,14,15)/t5-/m1/s1. The van der Waals surface area contributed by atoms with Crippen molar-refractivity contribution in [1.29, 1.82) is 0 Å². The SMILES string of the molecule is C[C@@H](N)Cc1c(C(=O)O)cc([N+](=O)[O-])cc1[N+](=O)[O-]. The largest absolute Gasteiger partial charge is 0.478 e. The third-order valence-electron chi connectivity index (χ3n) is 2.38. The van der Waals surface area contributed by atoms with Crippen LogP contribution in [0, 0.1) is 20.2 Å². The number of nitro benzene ring substituents is 2. The monoisotopic (exact) mass is 269 g/mol. The Kier molecular flexibility index (Phi) is 4.12. The van der Waals surface area contributed by atoms with Crippen molar-refractivity contribution in [2.75, 3.05) is 0 Å². The number of nitrogens with zero attached hydrogens (tertiary/aromatic N) is 2. The minimum absolute atomic E-state index is 0.0596. The van der Waals surface area contributed by atoms with Gasteiger partial charge in [0.05, 0.1) is 21.5 Å². The molecule has 1 aromatic rings. The second-order valence-corrected chi connectivity index (χ2v) is 3.99. The number of non-ortho nitro benzene ring substituents is 1. The lowest BCUT2D eigenvalue weighted by Crippen LogP contribution is -2.20. The second-order valence-electron chi connectivity index (χ2n) is 3.99. The van der Waals surface area contributed by atoms with E-state index in [1.54, 1.807) is 6.92 Å². The summed E-state index contributed by atoms with van der Waals surface area (Å²) in [6.07, 6.45) is -0.0596. The van der Waals surface area contributed by atoms with Crippen LogP contribution in [-0.4, -0.2) is 27.0 Å². The number of nitrogens with two attached hydrogens (primary N) is 1. The molecule has 9 nitrogen and oxygen atoms in total. The van der Waals surface area contributed by atoms with Crippen LogP contribution < -0.4 is 5.73 Å². The Balaban J connectivity index is 3.60. The van der Waals surface area contributed by atoms with Crippen LogP contribution in [0.5, 0.6) is 0 Å². The van der Waals surface area contributed by atoms with Crippen molar-refractivity contribution < 1.29 is 19.7 Å². The quantitative estimate of drug-likeness (QED) is 0.599. The zero-order valence-electron chi connectivity index (χ0n) is 9.90. The molecule has 3 N–H and O–H groups in total. The average molecular weight is 269 g/mol. The Hall–Kier alpha value is -2.55. The van der Waals surface area contributed by atoms with E-state index in [0.29, 0.717) is 0 Å². The van der Waals surface area contributed by atoms with Gasteiger partial charge in [-0.2, -0.15) is 0 Å². The first kappa shape index (κ1) is 14.5. The topological polar surface area (TPSA) is 150 Å². The van der Waals surface area contributed by atoms with Gasteiger partial charge in [0.15, 0.2) is 0 Å². The van der Waals surface area contributed by atoms with Gasteiger partial charge in [-0.15, -0.1) is 0 Å². The molecule has 1 rings (SSSR count). The number of benzene rings is 1. The molecular formula is C10H11N3O6. The van der Waals surface area contributed by atoms with Crippen LogP contribution in [0.2, 0.25) is 0 Å². The van der Waals surface area contributed by atoms with Crippen LogP contribution >= 0.6 is 0 Å². The summed E-state index contributed by atoms with van der Waals surface area (Å²) in [5, 5.41) is 30.6. The van der Waals surface area contributed by atoms with Gasteiger partial charge in [-0.25, -0.2) is 4.79 Å². The lowest BCUT2D eigenvalue weighted by atomic mass is 9.98. The highest BCUT2D eigenvalue weighted by Crippen LogP contribution is 2.29. The van der Waals surface area contributed by atoms with Crippen molar-refractivity contribution in [3.05, 3.63) is 43.5 Å². The first-order chi connectivity index (χ1) is 8.73. The molecule has 0 aliphatic carbocycles. The Bertz CT molecular complexity index is 519. The van der Waals surface area contributed by atoms with E-state index in [-0.39, 0.29) is 12.0 Å². The number of nitro groups is 2. The Morgan fingerprint density at radius 3 is 2.32 bits per heavy atom. The fourth-order valence-corrected chi connectivity index (χ4v) is 1.64. The van der Waals surface area contributed by atoms with E-state index in [0.717, 1.165) is 12.1 Å². The highest BCUT2D eigenvalue weighted by atomic mass is 16.6. The van der Waals surface area contributed by atoms with Crippen molar-refractivity contribution >= 4 is 17.3 Å². The van der Waals surface area contributed by atoms with Crippen molar-refractivity contribution in [2.24, 2.45) is 5.73 Å². The van der Waals surface area contributed by atoms with Crippen molar-refractivity contribution in [1.82, 2.24) is 0 Å². The van der Waals surface area contributed by atoms with E-state index in [4.69, 9.17) is 10.8 Å². The van der Waals surface area contributed by atoms with Gasteiger partial charge in [0.25, 0.3) is 11.4 Å². The van der Waals surface area contributed by atoms with Crippen LogP contribution in [0.3, 0.4) is 0 Å². The van der Waals surface area contributed by atoms with Crippen LogP contribution in [-0.2, 0) is 6.42 Å². The van der Waals surface area contributed by atoms with Crippen LogP contribution in [0.15, 0.2) is 12.1 Å². The molecule has 0 aliphatic rings. The minimum atomic E-state index is -1.47. The van der Waals surface area contributed by atoms with E-state index in [2.05, 4.69) is 0 Å². The fraction of sp³-hybridized carbons (Fsp3) is 0.300. The summed E-state index contributed by atoms with van der Waals surface area (Å²) < 4.78 is 0. The van der Waals surface area contributed by atoms with Crippen LogP contribution in [0.1, 0.15) is 22.8 Å². The fourth-order valence-electron chi connectivity index (χ4n) is 1.64. The van der Waals surface area contributed by atoms with Gasteiger partial charge in [0, 0.05) is 17.7 Å². The predicted octanol–water partition coefficient (Wildman–Crippen LogP) is 1.09. The number of aromatic carboxylic acids is 1. The summed E-state index contributed by atoms with van der Waals surface area (Å²) in [5.41, 5.74) is 3.68. The average Bonchev–Trinajstić information content (AvgIpc) is 2.27. The molecule has 0 heterocycles. The van der Waals surface area contributed by atoms with Crippen LogP contribution in [0.4, 0.5) is 11.4 Å². The first-order valence-corrected chi connectivity index (χ1v) is 5.18. The molecule has 0 aliphatic heterocycles. The molecule has 0 amide bonds. The summed E-state index contributed by atoms with van der Waals surface area (Å²) in [5.74, 6) is -1.47. The molecule has 0 unspecified atom stereocenters. The van der Waals surface area contributed by atoms with Crippen LogP contribution in [0.25, 0.3) is 0 Å². The maximum Gasteiger partial charge on any atom is 0.336 e. The predicted molar refractivity (Wildman–Crippen MR) is 64.1 cm³/mol. The summed E-state index contributed by atoms with van der Waals surface area (Å²) in [6, 6.07) is 1.02. The summed E-state index contributed by atoms with van der Waals surface area (Å²) in [7, 11) is 0. The van der Waals surface area contributed by atoms with E-state index in [9.17, 15) is 25.0 Å². The van der Waals surface area contributed by atoms with Crippen molar-refractivity contribution in [3.8, 4) is 0 Å². The normalized spacial score (nSPS) is 11.9.